The Balaban J connectivity index is 2.41. The molecular weight excluding hydrogens is 212 g/mol. The fraction of sp³-hybridized carbons (Fsp3) is 0. The average Bonchev–Trinajstić information content (AvgIpc) is 2.40. The third-order valence-electron chi connectivity index (χ3n) is 2.62. The van der Waals surface area contributed by atoms with Crippen LogP contribution in [0.2, 0.25) is 0 Å². The second-order valence-corrected chi connectivity index (χ2v) is 3.75. The van der Waals surface area contributed by atoms with Gasteiger partial charge in [-0.15, -0.1) is 0 Å². The van der Waals surface area contributed by atoms with Crippen LogP contribution >= 0.6 is 0 Å². The molecule has 82 valence electrons. The van der Waals surface area contributed by atoms with Crippen molar-refractivity contribution in [1.82, 2.24) is 0 Å². The van der Waals surface area contributed by atoms with Gasteiger partial charge in [-0.25, -0.2) is 4.79 Å². The fourth-order valence-corrected chi connectivity index (χ4v) is 1.79. The Morgan fingerprint density at radius 2 is 1.65 bits per heavy atom. The molecule has 0 amide bonds. The van der Waals surface area contributed by atoms with Gasteiger partial charge in [-0.1, -0.05) is 48.5 Å². The molecule has 3 aromatic rings. The van der Waals surface area contributed by atoms with Crippen molar-refractivity contribution in [1.29, 1.82) is 0 Å². The zero-order valence-corrected chi connectivity index (χ0v) is 9.01. The van der Waals surface area contributed by atoms with Crippen LogP contribution in [-0.4, -0.2) is 0 Å². The summed E-state index contributed by atoms with van der Waals surface area (Å²) in [5, 5.41) is 0.649. The van der Waals surface area contributed by atoms with Crippen LogP contribution in [0.1, 0.15) is 1.37 Å². The average molecular weight is 223 g/mol. The smallest absolute Gasteiger partial charge is 0.344 e. The van der Waals surface area contributed by atoms with Crippen molar-refractivity contribution in [3.63, 3.8) is 0 Å². The largest absolute Gasteiger partial charge is 0.422 e. The van der Waals surface area contributed by atoms with Crippen molar-refractivity contribution < 1.29 is 5.79 Å². The van der Waals surface area contributed by atoms with Gasteiger partial charge in [-0.05, 0) is 17.7 Å². The highest BCUT2D eigenvalue weighted by molar-refractivity contribution is 5.81. The normalized spacial score (nSPS) is 11.4. The van der Waals surface area contributed by atoms with E-state index in [0.29, 0.717) is 22.1 Å². The lowest BCUT2D eigenvalue weighted by Gasteiger charge is -2.01. The molecule has 0 radical (unpaired) electrons. The quantitative estimate of drug-likeness (QED) is 0.591. The first-order chi connectivity index (χ1) is 8.77. The van der Waals surface area contributed by atoms with Crippen LogP contribution in [0.5, 0.6) is 0 Å². The monoisotopic (exact) mass is 223 g/mol. The third kappa shape index (κ3) is 1.74. The number of hydrogen-bond donors (Lipinski definition) is 0. The summed E-state index contributed by atoms with van der Waals surface area (Å²) in [6.45, 7) is 0. The van der Waals surface area contributed by atoms with E-state index in [4.69, 9.17) is 5.79 Å². The van der Waals surface area contributed by atoms with Gasteiger partial charge in [0.2, 0.25) is 0 Å². The van der Waals surface area contributed by atoms with Gasteiger partial charge in [0.1, 0.15) is 5.58 Å². The van der Waals surface area contributed by atoms with E-state index < -0.39 is 5.63 Å². The van der Waals surface area contributed by atoms with E-state index in [2.05, 4.69) is 0 Å². The van der Waals surface area contributed by atoms with E-state index in [-0.39, 0.29) is 6.04 Å². The second-order valence-electron chi connectivity index (χ2n) is 3.75. The van der Waals surface area contributed by atoms with Crippen molar-refractivity contribution >= 4 is 11.0 Å². The highest BCUT2D eigenvalue weighted by Crippen LogP contribution is 2.20. The summed E-state index contributed by atoms with van der Waals surface area (Å²) >= 11 is 0. The van der Waals surface area contributed by atoms with E-state index in [1.807, 2.05) is 24.3 Å². The Hall–Kier alpha value is -2.35. The Bertz CT molecular complexity index is 760. The maximum atomic E-state index is 12.0. The molecule has 2 aromatic carbocycles. The number of para-hydroxylation sites is 1. The first-order valence-electron chi connectivity index (χ1n) is 5.85. The van der Waals surface area contributed by atoms with Gasteiger partial charge >= 0.3 is 5.63 Å². The second kappa shape index (κ2) is 3.91. The minimum Gasteiger partial charge on any atom is -0.422 e. The fourth-order valence-electron chi connectivity index (χ4n) is 1.79. The SMILES string of the molecule is [2H]c1c(-c2ccccc2)c(=O)oc2ccccc12. The molecule has 2 nitrogen and oxygen atoms in total. The molecular formula is C15H10O2. The summed E-state index contributed by atoms with van der Waals surface area (Å²) in [7, 11) is 0. The Kier molecular flexibility index (Phi) is 2.01. The summed E-state index contributed by atoms with van der Waals surface area (Å²) < 4.78 is 13.4. The lowest BCUT2D eigenvalue weighted by molar-refractivity contribution is 0.563. The van der Waals surface area contributed by atoms with Crippen LogP contribution in [0.15, 0.2) is 69.9 Å². The predicted octanol–water partition coefficient (Wildman–Crippen LogP) is 3.46. The van der Waals surface area contributed by atoms with E-state index in [1.54, 1.807) is 30.3 Å². The molecule has 0 saturated heterocycles. The van der Waals surface area contributed by atoms with Crippen molar-refractivity contribution in [3.8, 4) is 11.1 Å². The minimum atomic E-state index is -0.468. The van der Waals surface area contributed by atoms with Gasteiger partial charge in [0, 0.05) is 5.39 Å². The molecule has 0 spiro atoms. The Morgan fingerprint density at radius 1 is 0.941 bits per heavy atom. The van der Waals surface area contributed by atoms with Crippen LogP contribution in [0.4, 0.5) is 0 Å². The molecule has 0 aliphatic rings. The van der Waals surface area contributed by atoms with Crippen molar-refractivity contribution in [2.45, 2.75) is 0 Å². The first-order valence-corrected chi connectivity index (χ1v) is 5.35. The standard InChI is InChI=1S/C15H10O2/c16-15-13(11-6-2-1-3-7-11)10-12-8-4-5-9-14(12)17-15/h1-10H/i10D. The van der Waals surface area contributed by atoms with Crippen LogP contribution in [0, 0.1) is 0 Å². The molecule has 1 aromatic heterocycles. The third-order valence-corrected chi connectivity index (χ3v) is 2.62. The molecule has 0 saturated carbocycles. The molecule has 3 rings (SSSR count). The summed E-state index contributed by atoms with van der Waals surface area (Å²) in [6, 6.07) is 16.5. The zero-order valence-electron chi connectivity index (χ0n) is 10.0. The number of benzene rings is 2. The van der Waals surface area contributed by atoms with Crippen molar-refractivity contribution in [2.24, 2.45) is 0 Å². The first kappa shape index (κ1) is 8.76. The molecule has 0 fully saturated rings. The molecule has 0 N–H and O–H groups in total. The summed E-state index contributed by atoms with van der Waals surface area (Å²) in [5.74, 6) is 0. The van der Waals surface area contributed by atoms with Gasteiger partial charge in [-0.2, -0.15) is 0 Å². The molecule has 2 heteroatoms. The van der Waals surface area contributed by atoms with E-state index >= 15 is 0 Å². The molecule has 1 heterocycles. The summed E-state index contributed by atoms with van der Waals surface area (Å²) in [4.78, 5) is 12.0. The maximum Gasteiger partial charge on any atom is 0.344 e. The molecule has 17 heavy (non-hydrogen) atoms. The lowest BCUT2D eigenvalue weighted by atomic mass is 10.1. The van der Waals surface area contributed by atoms with Gasteiger partial charge in [0.05, 0.1) is 6.93 Å². The summed E-state index contributed by atoms with van der Waals surface area (Å²) in [5.41, 5.74) is 1.01. The molecule has 0 atom stereocenters. The molecule has 0 aliphatic carbocycles. The highest BCUT2D eigenvalue weighted by atomic mass is 16.4. The highest BCUT2D eigenvalue weighted by Gasteiger charge is 2.06. The molecule has 0 bridgehead atoms. The minimum absolute atomic E-state index is 0.216. The van der Waals surface area contributed by atoms with Crippen LogP contribution in [0.25, 0.3) is 22.1 Å². The summed E-state index contributed by atoms with van der Waals surface area (Å²) in [6.07, 6.45) is 0. The topological polar surface area (TPSA) is 30.2 Å². The van der Waals surface area contributed by atoms with Crippen molar-refractivity contribution in [2.75, 3.05) is 0 Å². The van der Waals surface area contributed by atoms with Crippen molar-refractivity contribution in [3.05, 3.63) is 71.1 Å². The Labute approximate surface area is 99.5 Å². The van der Waals surface area contributed by atoms with Gasteiger partial charge < -0.3 is 4.42 Å². The lowest BCUT2D eigenvalue weighted by Crippen LogP contribution is -2.02. The van der Waals surface area contributed by atoms with Crippen LogP contribution in [-0.2, 0) is 0 Å². The predicted molar refractivity (Wildman–Crippen MR) is 67.9 cm³/mol. The Morgan fingerprint density at radius 3 is 2.47 bits per heavy atom. The van der Waals surface area contributed by atoms with Gasteiger partial charge in [-0.3, -0.25) is 0 Å². The zero-order chi connectivity index (χ0) is 12.5. The number of hydrogen-bond acceptors (Lipinski definition) is 2. The number of fused-ring (bicyclic) bond motifs is 1. The van der Waals surface area contributed by atoms with Crippen LogP contribution < -0.4 is 5.63 Å². The van der Waals surface area contributed by atoms with E-state index in [1.165, 1.54) is 0 Å². The molecule has 0 aliphatic heterocycles. The van der Waals surface area contributed by atoms with Gasteiger partial charge in [0.25, 0.3) is 0 Å². The van der Waals surface area contributed by atoms with Crippen LogP contribution in [0.3, 0.4) is 0 Å². The maximum absolute atomic E-state index is 12.0. The molecule has 0 unspecified atom stereocenters. The van der Waals surface area contributed by atoms with Gasteiger partial charge in [0.15, 0.2) is 0 Å². The number of rotatable bonds is 1. The van der Waals surface area contributed by atoms with E-state index in [9.17, 15) is 4.79 Å². The van der Waals surface area contributed by atoms with E-state index in [0.717, 1.165) is 0 Å².